The van der Waals surface area contributed by atoms with Crippen molar-refractivity contribution in [2.75, 3.05) is 24.2 Å². The molecule has 1 N–H and O–H groups in total. The molecule has 6 nitrogen and oxygen atoms in total. The molecule has 2 aliphatic rings. The van der Waals surface area contributed by atoms with Gasteiger partial charge >= 0.3 is 0 Å². The highest BCUT2D eigenvalue weighted by atomic mass is 32.2. The molecule has 138 valence electrons. The summed E-state index contributed by atoms with van der Waals surface area (Å²) in [5.41, 5.74) is 1.30. The number of carbonyl (C=O) groups is 1. The third kappa shape index (κ3) is 3.92. The lowest BCUT2D eigenvalue weighted by molar-refractivity contribution is -0.120. The van der Waals surface area contributed by atoms with E-state index in [1.807, 2.05) is 13.0 Å². The summed E-state index contributed by atoms with van der Waals surface area (Å²) in [7, 11) is -2.12. The van der Waals surface area contributed by atoms with E-state index >= 15 is 0 Å². The summed E-state index contributed by atoms with van der Waals surface area (Å²) in [4.78, 5) is 12.5. The molecule has 2 fully saturated rings. The SMILES string of the molecule is COc1ccc(C)cc1N(CC(=O)N[C@H]1C[C@@H]2CC[C@@H]1C2)S(C)(=O)=O. The summed E-state index contributed by atoms with van der Waals surface area (Å²) in [5, 5.41) is 3.05. The Hall–Kier alpha value is -1.76. The van der Waals surface area contributed by atoms with E-state index in [0.717, 1.165) is 34.9 Å². The van der Waals surface area contributed by atoms with Crippen molar-refractivity contribution in [1.82, 2.24) is 5.32 Å². The number of ether oxygens (including phenoxy) is 1. The van der Waals surface area contributed by atoms with Gasteiger partial charge in [-0.15, -0.1) is 0 Å². The Labute approximate surface area is 149 Å². The standard InChI is InChI=1S/C18H26N2O4S/c1-12-4-7-17(24-2)16(8-12)20(25(3,22)23)11-18(21)19-15-10-13-5-6-14(15)9-13/h4,7-8,13-15H,5-6,9-11H2,1-3H3,(H,19,21)/t13-,14-,15+/m1/s1. The minimum atomic E-state index is -3.61. The van der Waals surface area contributed by atoms with Crippen molar-refractivity contribution < 1.29 is 17.9 Å². The number of rotatable bonds is 6. The van der Waals surface area contributed by atoms with Gasteiger partial charge in [0.2, 0.25) is 15.9 Å². The lowest BCUT2D eigenvalue weighted by Crippen LogP contribution is -2.45. The van der Waals surface area contributed by atoms with Gasteiger partial charge in [-0.2, -0.15) is 0 Å². The predicted molar refractivity (Wildman–Crippen MR) is 97.3 cm³/mol. The van der Waals surface area contributed by atoms with E-state index in [9.17, 15) is 13.2 Å². The molecular weight excluding hydrogens is 340 g/mol. The monoisotopic (exact) mass is 366 g/mol. The first-order valence-electron chi connectivity index (χ1n) is 8.69. The predicted octanol–water partition coefficient (Wildman–Crippen LogP) is 2.07. The molecular formula is C18H26N2O4S. The van der Waals surface area contributed by atoms with Gasteiger partial charge in [0.05, 0.1) is 19.1 Å². The summed E-state index contributed by atoms with van der Waals surface area (Å²) >= 11 is 0. The first-order valence-corrected chi connectivity index (χ1v) is 10.5. The number of carbonyl (C=O) groups excluding carboxylic acids is 1. The van der Waals surface area contributed by atoms with Gasteiger partial charge in [-0.25, -0.2) is 8.42 Å². The molecule has 1 aromatic carbocycles. The van der Waals surface area contributed by atoms with Gasteiger partial charge in [0, 0.05) is 6.04 Å². The molecule has 3 rings (SSSR count). The molecule has 7 heteroatoms. The van der Waals surface area contributed by atoms with E-state index in [2.05, 4.69) is 5.32 Å². The second-order valence-electron chi connectivity index (χ2n) is 7.29. The topological polar surface area (TPSA) is 75.7 Å². The maximum atomic E-state index is 12.5. The third-order valence-corrected chi connectivity index (χ3v) is 6.50. The molecule has 25 heavy (non-hydrogen) atoms. The summed E-state index contributed by atoms with van der Waals surface area (Å²) in [6, 6.07) is 5.48. The van der Waals surface area contributed by atoms with Crippen LogP contribution in [0.3, 0.4) is 0 Å². The Kier molecular flexibility index (Phi) is 4.95. The lowest BCUT2D eigenvalue weighted by Gasteiger charge is -2.27. The number of amides is 1. The van der Waals surface area contributed by atoms with Gasteiger partial charge in [0.25, 0.3) is 0 Å². The third-order valence-electron chi connectivity index (χ3n) is 5.38. The minimum absolute atomic E-state index is 0.187. The molecule has 0 unspecified atom stereocenters. The van der Waals surface area contributed by atoms with Gasteiger partial charge in [-0.1, -0.05) is 12.5 Å². The van der Waals surface area contributed by atoms with Crippen LogP contribution in [-0.2, 0) is 14.8 Å². The number of methoxy groups -OCH3 is 1. The Morgan fingerprint density at radius 2 is 2.08 bits per heavy atom. The van der Waals surface area contributed by atoms with Crippen molar-refractivity contribution >= 4 is 21.6 Å². The molecule has 2 saturated carbocycles. The number of fused-ring (bicyclic) bond motifs is 2. The normalized spacial score (nSPS) is 25.0. The van der Waals surface area contributed by atoms with Crippen molar-refractivity contribution in [2.24, 2.45) is 11.8 Å². The van der Waals surface area contributed by atoms with Crippen LogP contribution in [0.15, 0.2) is 18.2 Å². The second kappa shape index (κ2) is 6.86. The molecule has 2 aliphatic carbocycles. The average Bonchev–Trinajstić information content (AvgIpc) is 3.14. The number of hydrogen-bond acceptors (Lipinski definition) is 4. The van der Waals surface area contributed by atoms with E-state index in [1.54, 1.807) is 12.1 Å². The Balaban J connectivity index is 1.78. The van der Waals surface area contributed by atoms with Crippen LogP contribution in [0.4, 0.5) is 5.69 Å². The Morgan fingerprint density at radius 1 is 1.32 bits per heavy atom. The van der Waals surface area contributed by atoms with E-state index < -0.39 is 10.0 Å². The highest BCUT2D eigenvalue weighted by Gasteiger charge is 2.40. The van der Waals surface area contributed by atoms with Gasteiger partial charge in [-0.05, 0) is 55.7 Å². The van der Waals surface area contributed by atoms with Gasteiger partial charge in [-0.3, -0.25) is 9.10 Å². The molecule has 1 amide bonds. The number of sulfonamides is 1. The first kappa shape index (κ1) is 18.0. The molecule has 0 aromatic heterocycles. The van der Waals surface area contributed by atoms with Crippen molar-refractivity contribution in [1.29, 1.82) is 0 Å². The summed E-state index contributed by atoms with van der Waals surface area (Å²) in [6.45, 7) is 1.64. The zero-order chi connectivity index (χ0) is 18.2. The van der Waals surface area contributed by atoms with Crippen LogP contribution >= 0.6 is 0 Å². The average molecular weight is 366 g/mol. The van der Waals surface area contributed by atoms with Crippen molar-refractivity contribution in [2.45, 2.75) is 38.6 Å². The van der Waals surface area contributed by atoms with E-state index in [0.29, 0.717) is 17.4 Å². The van der Waals surface area contributed by atoms with Crippen LogP contribution in [0.5, 0.6) is 5.75 Å². The highest BCUT2D eigenvalue weighted by Crippen LogP contribution is 2.44. The fourth-order valence-electron chi connectivity index (χ4n) is 4.18. The molecule has 0 aliphatic heterocycles. The smallest absolute Gasteiger partial charge is 0.241 e. The number of benzene rings is 1. The van der Waals surface area contributed by atoms with Crippen molar-refractivity contribution in [3.8, 4) is 5.75 Å². The van der Waals surface area contributed by atoms with Crippen LogP contribution in [0.2, 0.25) is 0 Å². The van der Waals surface area contributed by atoms with Crippen LogP contribution in [0.25, 0.3) is 0 Å². The maximum Gasteiger partial charge on any atom is 0.241 e. The molecule has 0 spiro atoms. The van der Waals surface area contributed by atoms with Crippen LogP contribution < -0.4 is 14.4 Å². The summed E-state index contributed by atoms with van der Waals surface area (Å²) < 4.78 is 31.0. The van der Waals surface area contributed by atoms with E-state index in [-0.39, 0.29) is 18.5 Å². The van der Waals surface area contributed by atoms with Crippen molar-refractivity contribution in [3.63, 3.8) is 0 Å². The van der Waals surface area contributed by atoms with Crippen LogP contribution in [-0.4, -0.2) is 40.3 Å². The van der Waals surface area contributed by atoms with E-state index in [1.165, 1.54) is 20.0 Å². The molecule has 3 atom stereocenters. The Morgan fingerprint density at radius 3 is 2.64 bits per heavy atom. The largest absolute Gasteiger partial charge is 0.495 e. The molecule has 0 radical (unpaired) electrons. The molecule has 0 saturated heterocycles. The van der Waals surface area contributed by atoms with Gasteiger partial charge < -0.3 is 10.1 Å². The van der Waals surface area contributed by atoms with Gasteiger partial charge in [0.1, 0.15) is 12.3 Å². The zero-order valence-corrected chi connectivity index (χ0v) is 15.8. The van der Waals surface area contributed by atoms with Crippen molar-refractivity contribution in [3.05, 3.63) is 23.8 Å². The highest BCUT2D eigenvalue weighted by molar-refractivity contribution is 7.92. The molecule has 2 bridgehead atoms. The number of nitrogens with zero attached hydrogens (tertiary/aromatic N) is 1. The summed E-state index contributed by atoms with van der Waals surface area (Å²) in [6.07, 6.45) is 5.74. The second-order valence-corrected chi connectivity index (χ2v) is 9.20. The van der Waals surface area contributed by atoms with Crippen LogP contribution in [0.1, 0.15) is 31.2 Å². The van der Waals surface area contributed by atoms with Crippen LogP contribution in [0, 0.1) is 18.8 Å². The number of aryl methyl sites for hydroxylation is 1. The minimum Gasteiger partial charge on any atom is -0.495 e. The van der Waals surface area contributed by atoms with Gasteiger partial charge in [0.15, 0.2) is 0 Å². The lowest BCUT2D eigenvalue weighted by atomic mass is 9.95. The zero-order valence-electron chi connectivity index (χ0n) is 15.0. The first-order chi connectivity index (χ1) is 11.8. The fourth-order valence-corrected chi connectivity index (χ4v) is 5.03. The number of hydrogen-bond donors (Lipinski definition) is 1. The summed E-state index contributed by atoms with van der Waals surface area (Å²) in [5.74, 6) is 1.45. The number of nitrogens with one attached hydrogen (secondary N) is 1. The quantitative estimate of drug-likeness (QED) is 0.836. The van der Waals surface area contributed by atoms with E-state index in [4.69, 9.17) is 4.74 Å². The fraction of sp³-hybridized carbons (Fsp3) is 0.611. The molecule has 1 aromatic rings. The number of anilines is 1. The Bertz CT molecular complexity index is 762. The maximum absolute atomic E-state index is 12.5. The molecule has 0 heterocycles.